The quantitative estimate of drug-likeness (QED) is 0.812. The summed E-state index contributed by atoms with van der Waals surface area (Å²) in [4.78, 5) is 6.49. The zero-order chi connectivity index (χ0) is 14.8. The first-order chi connectivity index (χ1) is 10.2. The van der Waals surface area contributed by atoms with Crippen molar-refractivity contribution < 1.29 is 9.47 Å². The highest BCUT2D eigenvalue weighted by molar-refractivity contribution is 6.29. The molecule has 0 spiro atoms. The van der Waals surface area contributed by atoms with E-state index in [0.29, 0.717) is 5.15 Å². The molecule has 0 saturated carbocycles. The molecule has 3 rings (SSSR count). The zero-order valence-corrected chi connectivity index (χ0v) is 12.9. The van der Waals surface area contributed by atoms with Crippen LogP contribution in [0.25, 0.3) is 0 Å². The lowest BCUT2D eigenvalue weighted by atomic mass is 10.2. The van der Waals surface area contributed by atoms with Gasteiger partial charge in [-0.1, -0.05) is 17.7 Å². The van der Waals surface area contributed by atoms with Gasteiger partial charge in [0.1, 0.15) is 16.7 Å². The second-order valence-electron chi connectivity index (χ2n) is 5.10. The minimum Gasteiger partial charge on any atom is -0.497 e. The molecule has 110 valence electrons. The van der Waals surface area contributed by atoms with E-state index < -0.39 is 0 Å². The molecule has 1 aliphatic rings. The van der Waals surface area contributed by atoms with E-state index in [0.717, 1.165) is 36.7 Å². The van der Waals surface area contributed by atoms with E-state index in [1.165, 1.54) is 11.1 Å². The molecule has 0 atom stereocenters. The zero-order valence-electron chi connectivity index (χ0n) is 12.1. The molecule has 4 nitrogen and oxygen atoms in total. The Morgan fingerprint density at radius 1 is 1.14 bits per heavy atom. The van der Waals surface area contributed by atoms with Gasteiger partial charge in [-0.25, -0.2) is 4.98 Å². The van der Waals surface area contributed by atoms with Gasteiger partial charge in [0.05, 0.1) is 14.2 Å². The van der Waals surface area contributed by atoms with Crippen LogP contribution in [0.15, 0.2) is 30.5 Å². The van der Waals surface area contributed by atoms with Gasteiger partial charge in [0, 0.05) is 37.5 Å². The highest BCUT2D eigenvalue weighted by atomic mass is 35.5. The van der Waals surface area contributed by atoms with Gasteiger partial charge in [-0.05, 0) is 23.3 Å². The molecule has 1 aromatic carbocycles. The minimum absolute atomic E-state index is 0.553. The summed E-state index contributed by atoms with van der Waals surface area (Å²) in [5, 5.41) is 0.553. The molecule has 21 heavy (non-hydrogen) atoms. The normalized spacial score (nSPS) is 14.0. The van der Waals surface area contributed by atoms with E-state index in [-0.39, 0.29) is 0 Å². The molecule has 0 amide bonds. The molecule has 5 heteroatoms. The van der Waals surface area contributed by atoms with Crippen molar-refractivity contribution in [1.82, 2.24) is 9.88 Å². The third-order valence-electron chi connectivity index (χ3n) is 3.73. The summed E-state index contributed by atoms with van der Waals surface area (Å²) in [6.07, 6.45) is 1.86. The van der Waals surface area contributed by atoms with Crippen LogP contribution in [0.4, 0.5) is 0 Å². The molecule has 0 unspecified atom stereocenters. The largest absolute Gasteiger partial charge is 0.497 e. The SMILES string of the molecule is COc1ccc(CN2Cc3cnc(Cl)cc3C2)c(OC)c1. The number of benzene rings is 1. The summed E-state index contributed by atoms with van der Waals surface area (Å²) in [5.41, 5.74) is 3.64. The van der Waals surface area contributed by atoms with Crippen LogP contribution in [-0.4, -0.2) is 24.1 Å². The van der Waals surface area contributed by atoms with Gasteiger partial charge in [0.25, 0.3) is 0 Å². The number of ether oxygens (including phenoxy) is 2. The second kappa shape index (κ2) is 5.92. The van der Waals surface area contributed by atoms with Crippen molar-refractivity contribution in [3.05, 3.63) is 52.3 Å². The summed E-state index contributed by atoms with van der Waals surface area (Å²) < 4.78 is 10.7. The molecule has 2 heterocycles. The average molecular weight is 305 g/mol. The summed E-state index contributed by atoms with van der Waals surface area (Å²) in [7, 11) is 3.34. The highest BCUT2D eigenvalue weighted by Gasteiger charge is 2.20. The molecule has 1 aliphatic heterocycles. The fraction of sp³-hybridized carbons (Fsp3) is 0.312. The Hall–Kier alpha value is -1.78. The fourth-order valence-corrected chi connectivity index (χ4v) is 2.84. The molecule has 0 saturated heterocycles. The molecule has 0 N–H and O–H groups in total. The lowest BCUT2D eigenvalue weighted by Gasteiger charge is -2.17. The minimum atomic E-state index is 0.553. The van der Waals surface area contributed by atoms with Crippen LogP contribution >= 0.6 is 11.6 Å². The van der Waals surface area contributed by atoms with Gasteiger partial charge in [0.2, 0.25) is 0 Å². The Morgan fingerprint density at radius 3 is 2.71 bits per heavy atom. The van der Waals surface area contributed by atoms with Gasteiger partial charge in [-0.2, -0.15) is 0 Å². The number of hydrogen-bond acceptors (Lipinski definition) is 4. The molecule has 0 radical (unpaired) electrons. The fourth-order valence-electron chi connectivity index (χ4n) is 2.66. The van der Waals surface area contributed by atoms with Crippen molar-refractivity contribution in [3.8, 4) is 11.5 Å². The van der Waals surface area contributed by atoms with Crippen molar-refractivity contribution >= 4 is 11.6 Å². The number of methoxy groups -OCH3 is 2. The number of aromatic nitrogens is 1. The van der Waals surface area contributed by atoms with Crippen molar-refractivity contribution in [2.75, 3.05) is 14.2 Å². The maximum Gasteiger partial charge on any atom is 0.129 e. The lowest BCUT2D eigenvalue weighted by Crippen LogP contribution is -2.16. The molecular weight excluding hydrogens is 288 g/mol. The monoisotopic (exact) mass is 304 g/mol. The Bertz CT molecular complexity index is 661. The number of nitrogens with zero attached hydrogens (tertiary/aromatic N) is 2. The Kier molecular flexibility index (Phi) is 3.99. The van der Waals surface area contributed by atoms with E-state index in [2.05, 4.69) is 9.88 Å². The van der Waals surface area contributed by atoms with Gasteiger partial charge in [-0.15, -0.1) is 0 Å². The van der Waals surface area contributed by atoms with Gasteiger partial charge in [0.15, 0.2) is 0 Å². The van der Waals surface area contributed by atoms with Crippen molar-refractivity contribution in [1.29, 1.82) is 0 Å². The average Bonchev–Trinajstić information content (AvgIpc) is 2.89. The number of fused-ring (bicyclic) bond motifs is 1. The van der Waals surface area contributed by atoms with Crippen LogP contribution in [0.3, 0.4) is 0 Å². The first-order valence-electron chi connectivity index (χ1n) is 6.76. The smallest absolute Gasteiger partial charge is 0.129 e. The molecule has 2 aromatic rings. The van der Waals surface area contributed by atoms with E-state index in [1.54, 1.807) is 14.2 Å². The molecule has 0 bridgehead atoms. The summed E-state index contributed by atoms with van der Waals surface area (Å²) >= 11 is 5.95. The van der Waals surface area contributed by atoms with Crippen molar-refractivity contribution in [2.24, 2.45) is 0 Å². The van der Waals surface area contributed by atoms with Gasteiger partial charge in [-0.3, -0.25) is 4.90 Å². The maximum atomic E-state index is 5.95. The standard InChI is InChI=1S/C16H17ClN2O2/c1-20-14-4-3-11(15(6-14)21-2)8-19-9-12-5-16(17)18-7-13(12)10-19/h3-7H,8-10H2,1-2H3. The summed E-state index contributed by atoms with van der Waals surface area (Å²) in [6, 6.07) is 7.87. The second-order valence-corrected chi connectivity index (χ2v) is 5.49. The van der Waals surface area contributed by atoms with Crippen molar-refractivity contribution in [3.63, 3.8) is 0 Å². The van der Waals surface area contributed by atoms with E-state index >= 15 is 0 Å². The summed E-state index contributed by atoms with van der Waals surface area (Å²) in [5.74, 6) is 1.65. The summed E-state index contributed by atoms with van der Waals surface area (Å²) in [6.45, 7) is 2.58. The van der Waals surface area contributed by atoms with Crippen molar-refractivity contribution in [2.45, 2.75) is 19.6 Å². The molecule has 1 aromatic heterocycles. The van der Waals surface area contributed by atoms with E-state index in [9.17, 15) is 0 Å². The Balaban J connectivity index is 1.77. The van der Waals surface area contributed by atoms with E-state index in [1.807, 2.05) is 30.5 Å². The topological polar surface area (TPSA) is 34.6 Å². The van der Waals surface area contributed by atoms with Crippen LogP contribution in [0, 0.1) is 0 Å². The van der Waals surface area contributed by atoms with Crippen LogP contribution in [0.1, 0.15) is 16.7 Å². The predicted octanol–water partition coefficient (Wildman–Crippen LogP) is 3.27. The third-order valence-corrected chi connectivity index (χ3v) is 3.93. The molecule has 0 aliphatic carbocycles. The van der Waals surface area contributed by atoms with E-state index in [4.69, 9.17) is 21.1 Å². The third kappa shape index (κ3) is 2.96. The predicted molar refractivity (Wildman–Crippen MR) is 81.7 cm³/mol. The number of pyridine rings is 1. The maximum absolute atomic E-state index is 5.95. The molecule has 0 fully saturated rings. The van der Waals surface area contributed by atoms with Crippen LogP contribution in [0.2, 0.25) is 5.15 Å². The Morgan fingerprint density at radius 2 is 1.95 bits per heavy atom. The first kappa shape index (κ1) is 14.2. The van der Waals surface area contributed by atoms with Crippen LogP contribution < -0.4 is 9.47 Å². The van der Waals surface area contributed by atoms with Crippen LogP contribution in [-0.2, 0) is 19.6 Å². The van der Waals surface area contributed by atoms with Gasteiger partial charge < -0.3 is 9.47 Å². The number of rotatable bonds is 4. The highest BCUT2D eigenvalue weighted by Crippen LogP contribution is 2.30. The molecular formula is C16H17ClN2O2. The number of halogens is 1. The number of hydrogen-bond donors (Lipinski definition) is 0. The Labute approximate surface area is 129 Å². The first-order valence-corrected chi connectivity index (χ1v) is 7.14. The van der Waals surface area contributed by atoms with Gasteiger partial charge >= 0.3 is 0 Å². The lowest BCUT2D eigenvalue weighted by molar-refractivity contribution is 0.269. The van der Waals surface area contributed by atoms with Crippen LogP contribution in [0.5, 0.6) is 11.5 Å².